The van der Waals surface area contributed by atoms with Gasteiger partial charge in [0.15, 0.2) is 0 Å². The maximum atomic E-state index is 12.0. The van der Waals surface area contributed by atoms with Gasteiger partial charge in [-0.3, -0.25) is 9.05 Å². The van der Waals surface area contributed by atoms with E-state index in [-0.39, 0.29) is 11.4 Å². The van der Waals surface area contributed by atoms with Crippen molar-refractivity contribution in [3.8, 4) is 5.75 Å². The second kappa shape index (κ2) is 6.39. The van der Waals surface area contributed by atoms with Crippen LogP contribution in [0.2, 0.25) is 0 Å². The Kier molecular flexibility index (Phi) is 4.45. The number of benzene rings is 1. The van der Waals surface area contributed by atoms with Gasteiger partial charge in [-0.25, -0.2) is 19.2 Å². The first-order valence-corrected chi connectivity index (χ1v) is 8.80. The molecule has 1 aromatic heterocycles. The Labute approximate surface area is 137 Å². The number of carbonyl (C=O) groups is 1. The molecule has 1 amide bonds. The van der Waals surface area contributed by atoms with Gasteiger partial charge >= 0.3 is 19.5 Å². The zero-order valence-corrected chi connectivity index (χ0v) is 14.1. The molecular formula is C15H16NO7P. The second-order valence-electron chi connectivity index (χ2n) is 5.22. The fourth-order valence-electron chi connectivity index (χ4n) is 2.74. The van der Waals surface area contributed by atoms with E-state index in [1.807, 2.05) is 5.09 Å². The minimum Gasteiger partial charge on any atom is -0.422 e. The van der Waals surface area contributed by atoms with Crippen LogP contribution >= 0.6 is 7.75 Å². The number of hydrogen-bond acceptors (Lipinski definition) is 7. The van der Waals surface area contributed by atoms with E-state index >= 15 is 0 Å². The zero-order valence-electron chi connectivity index (χ0n) is 13.2. The molecule has 3 rings (SSSR count). The van der Waals surface area contributed by atoms with E-state index < -0.39 is 13.8 Å². The van der Waals surface area contributed by atoms with Crippen LogP contribution in [0.5, 0.6) is 5.75 Å². The molecule has 1 aliphatic rings. The predicted octanol–water partition coefficient (Wildman–Crippen LogP) is 2.77. The number of amides is 1. The van der Waals surface area contributed by atoms with Crippen molar-refractivity contribution in [3.05, 3.63) is 39.7 Å². The summed E-state index contributed by atoms with van der Waals surface area (Å²) in [5.74, 6) is 0.139. The molecule has 1 N–H and O–H groups in total. The Morgan fingerprint density at radius 3 is 2.62 bits per heavy atom. The first-order chi connectivity index (χ1) is 11.5. The van der Waals surface area contributed by atoms with Crippen molar-refractivity contribution in [2.24, 2.45) is 0 Å². The van der Waals surface area contributed by atoms with E-state index in [9.17, 15) is 14.2 Å². The zero-order chi connectivity index (χ0) is 17.3. The molecule has 0 atom stereocenters. The Balaban J connectivity index is 1.87. The first-order valence-electron chi connectivity index (χ1n) is 7.26. The number of rotatable bonds is 4. The summed E-state index contributed by atoms with van der Waals surface area (Å²) in [6.45, 7) is 0. The number of fused-ring (bicyclic) bond motifs is 3. The highest BCUT2D eigenvalue weighted by atomic mass is 31.2. The van der Waals surface area contributed by atoms with Crippen LogP contribution in [-0.4, -0.2) is 20.3 Å². The van der Waals surface area contributed by atoms with Crippen LogP contribution in [0.4, 0.5) is 4.79 Å². The topological polar surface area (TPSA) is 104 Å². The number of ether oxygens (including phenoxy) is 1. The summed E-state index contributed by atoms with van der Waals surface area (Å²) < 4.78 is 31.3. The molecule has 9 heteroatoms. The summed E-state index contributed by atoms with van der Waals surface area (Å²) in [6.07, 6.45) is 1.45. The predicted molar refractivity (Wildman–Crippen MR) is 85.3 cm³/mol. The summed E-state index contributed by atoms with van der Waals surface area (Å²) in [5, 5.41) is 2.83. The van der Waals surface area contributed by atoms with E-state index in [1.165, 1.54) is 6.07 Å². The largest absolute Gasteiger partial charge is 0.437 e. The molecule has 0 spiro atoms. The molecule has 0 radical (unpaired) electrons. The van der Waals surface area contributed by atoms with Gasteiger partial charge in [0, 0.05) is 31.2 Å². The Bertz CT molecular complexity index is 897. The third kappa shape index (κ3) is 3.08. The van der Waals surface area contributed by atoms with Crippen LogP contribution in [-0.2, 0) is 26.5 Å². The average Bonchev–Trinajstić information content (AvgIpc) is 3.05. The molecular weight excluding hydrogens is 337 g/mol. The van der Waals surface area contributed by atoms with Crippen LogP contribution < -0.4 is 15.4 Å². The lowest BCUT2D eigenvalue weighted by Gasteiger charge is -2.14. The SMILES string of the molecule is COP(=O)(NC(=O)Oc1ccc2c3c(c(=O)oc2c1)CCC3)OC. The third-order valence-corrected chi connectivity index (χ3v) is 5.28. The fourth-order valence-corrected chi connectivity index (χ4v) is 3.34. The molecule has 8 nitrogen and oxygen atoms in total. The number of carbonyl (C=O) groups excluding carboxylic acids is 1. The van der Waals surface area contributed by atoms with Crippen LogP contribution in [0.25, 0.3) is 11.0 Å². The number of hydrogen-bond donors (Lipinski definition) is 1. The highest BCUT2D eigenvalue weighted by Gasteiger charge is 2.26. The molecule has 0 bridgehead atoms. The van der Waals surface area contributed by atoms with Crippen molar-refractivity contribution in [2.45, 2.75) is 19.3 Å². The van der Waals surface area contributed by atoms with Crippen molar-refractivity contribution in [1.82, 2.24) is 5.09 Å². The minimum absolute atomic E-state index is 0.139. The van der Waals surface area contributed by atoms with Gasteiger partial charge in [-0.05, 0) is 37.0 Å². The lowest BCUT2D eigenvalue weighted by atomic mass is 10.1. The maximum Gasteiger partial charge on any atom is 0.437 e. The first kappa shape index (κ1) is 16.7. The summed E-state index contributed by atoms with van der Waals surface area (Å²) in [4.78, 5) is 23.7. The molecule has 2 aromatic rings. The van der Waals surface area contributed by atoms with E-state index in [0.717, 1.165) is 50.0 Å². The molecule has 24 heavy (non-hydrogen) atoms. The van der Waals surface area contributed by atoms with E-state index in [0.29, 0.717) is 5.58 Å². The van der Waals surface area contributed by atoms with Crippen molar-refractivity contribution in [3.63, 3.8) is 0 Å². The number of aryl methyl sites for hydroxylation is 1. The van der Waals surface area contributed by atoms with Gasteiger partial charge < -0.3 is 9.15 Å². The van der Waals surface area contributed by atoms with Crippen LogP contribution in [0.15, 0.2) is 27.4 Å². The van der Waals surface area contributed by atoms with E-state index in [1.54, 1.807) is 12.1 Å². The molecule has 1 aliphatic carbocycles. The van der Waals surface area contributed by atoms with Gasteiger partial charge in [0.25, 0.3) is 0 Å². The molecule has 128 valence electrons. The van der Waals surface area contributed by atoms with Crippen molar-refractivity contribution in [1.29, 1.82) is 0 Å². The van der Waals surface area contributed by atoms with Gasteiger partial charge in [0.2, 0.25) is 0 Å². The summed E-state index contributed by atoms with van der Waals surface area (Å²) >= 11 is 0. The number of nitrogens with one attached hydrogen (secondary N) is 1. The van der Waals surface area contributed by atoms with Crippen molar-refractivity contribution < 1.29 is 27.6 Å². The lowest BCUT2D eigenvalue weighted by Crippen LogP contribution is -2.25. The standard InChI is InChI=1S/C15H16NO7P/c1-20-24(19,21-2)16-15(18)22-9-6-7-11-10-4-3-5-12(10)14(17)23-13(11)8-9/h6-8H,3-5H2,1-2H3,(H,16,18,19). The second-order valence-corrected chi connectivity index (χ2v) is 7.17. The van der Waals surface area contributed by atoms with Gasteiger partial charge in [0.1, 0.15) is 11.3 Å². The van der Waals surface area contributed by atoms with E-state index in [2.05, 4.69) is 9.05 Å². The van der Waals surface area contributed by atoms with Crippen LogP contribution in [0.1, 0.15) is 17.5 Å². The molecule has 0 fully saturated rings. The van der Waals surface area contributed by atoms with Crippen LogP contribution in [0, 0.1) is 0 Å². The van der Waals surface area contributed by atoms with Gasteiger partial charge in [-0.1, -0.05) is 0 Å². The van der Waals surface area contributed by atoms with Crippen molar-refractivity contribution in [2.75, 3.05) is 14.2 Å². The molecule has 0 aliphatic heterocycles. The van der Waals surface area contributed by atoms with E-state index in [4.69, 9.17) is 9.15 Å². The average molecular weight is 353 g/mol. The quantitative estimate of drug-likeness (QED) is 0.666. The van der Waals surface area contributed by atoms with Gasteiger partial charge in [-0.15, -0.1) is 0 Å². The highest BCUT2D eigenvalue weighted by Crippen LogP contribution is 2.41. The third-order valence-electron chi connectivity index (χ3n) is 3.86. The normalized spacial score (nSPS) is 13.8. The Morgan fingerprint density at radius 1 is 1.21 bits per heavy atom. The Morgan fingerprint density at radius 2 is 1.92 bits per heavy atom. The summed E-state index contributed by atoms with van der Waals surface area (Å²) in [6, 6.07) is 4.75. The maximum absolute atomic E-state index is 12.0. The highest BCUT2D eigenvalue weighted by molar-refractivity contribution is 7.52. The van der Waals surface area contributed by atoms with Gasteiger partial charge in [0.05, 0.1) is 0 Å². The summed E-state index contributed by atoms with van der Waals surface area (Å²) in [7, 11) is -1.47. The van der Waals surface area contributed by atoms with Gasteiger partial charge in [-0.2, -0.15) is 0 Å². The minimum atomic E-state index is -3.74. The smallest absolute Gasteiger partial charge is 0.422 e. The molecule has 1 aromatic carbocycles. The monoisotopic (exact) mass is 353 g/mol. The summed E-state index contributed by atoms with van der Waals surface area (Å²) in [5.41, 5.74) is 1.68. The molecule has 0 saturated carbocycles. The van der Waals surface area contributed by atoms with Crippen molar-refractivity contribution >= 4 is 24.8 Å². The Hall–Kier alpha value is -2.15. The lowest BCUT2D eigenvalue weighted by molar-refractivity contribution is 0.198. The molecule has 0 unspecified atom stereocenters. The molecule has 0 saturated heterocycles. The van der Waals surface area contributed by atoms with Crippen LogP contribution in [0.3, 0.4) is 0 Å². The fraction of sp³-hybridized carbons (Fsp3) is 0.333. The molecule has 1 heterocycles.